The molecule has 0 bridgehead atoms. The van der Waals surface area contributed by atoms with E-state index in [0.717, 1.165) is 25.5 Å². The molecule has 0 saturated heterocycles. The molecule has 0 N–H and O–H groups in total. The van der Waals surface area contributed by atoms with E-state index in [1.54, 1.807) is 0 Å². The first-order chi connectivity index (χ1) is 5.22. The van der Waals surface area contributed by atoms with Crippen molar-refractivity contribution in [2.45, 2.75) is 0 Å². The maximum Gasteiger partial charge on any atom is 0.0963 e. The van der Waals surface area contributed by atoms with Crippen molar-refractivity contribution in [2.75, 3.05) is 33.7 Å². The van der Waals surface area contributed by atoms with Gasteiger partial charge in [0, 0.05) is 26.9 Å². The van der Waals surface area contributed by atoms with Crippen molar-refractivity contribution < 1.29 is 0 Å². The van der Waals surface area contributed by atoms with E-state index >= 15 is 0 Å². The predicted molar refractivity (Wildman–Crippen MR) is 47.8 cm³/mol. The van der Waals surface area contributed by atoms with Crippen molar-refractivity contribution in [1.82, 2.24) is 9.80 Å². The maximum atomic E-state index is 4.22. The van der Waals surface area contributed by atoms with Crippen molar-refractivity contribution in [1.29, 1.82) is 0 Å². The fourth-order valence-electron chi connectivity index (χ4n) is 1.01. The highest BCUT2D eigenvalue weighted by molar-refractivity contribution is 5.60. The lowest BCUT2D eigenvalue weighted by Crippen LogP contribution is -2.34. The van der Waals surface area contributed by atoms with Gasteiger partial charge in [0.15, 0.2) is 0 Å². The lowest BCUT2D eigenvalue weighted by Gasteiger charge is -2.30. The van der Waals surface area contributed by atoms with Crippen LogP contribution in [0.15, 0.2) is 17.4 Å². The molecule has 62 valence electrons. The fourth-order valence-corrected chi connectivity index (χ4v) is 1.01. The number of hydrogen-bond acceptors (Lipinski definition) is 3. The summed E-state index contributed by atoms with van der Waals surface area (Å²) < 4.78 is 0. The van der Waals surface area contributed by atoms with Crippen molar-refractivity contribution >= 4 is 6.21 Å². The average molecular weight is 153 g/mol. The van der Waals surface area contributed by atoms with Gasteiger partial charge in [0.2, 0.25) is 0 Å². The Morgan fingerprint density at radius 2 is 2.18 bits per heavy atom. The van der Waals surface area contributed by atoms with E-state index in [2.05, 4.69) is 21.4 Å². The third-order valence-electron chi connectivity index (χ3n) is 1.93. The minimum Gasteiger partial charge on any atom is -0.360 e. The molecule has 0 saturated carbocycles. The molecule has 1 heterocycles. The highest BCUT2D eigenvalue weighted by Crippen LogP contribution is 2.03. The molecular weight excluding hydrogens is 138 g/mol. The molecule has 0 aromatic heterocycles. The van der Waals surface area contributed by atoms with E-state index in [1.165, 1.54) is 0 Å². The first-order valence-electron chi connectivity index (χ1n) is 3.81. The average Bonchev–Trinajstić information content (AvgIpc) is 2.00. The number of likely N-dealkylation sites (N-methyl/N-ethyl adjacent to an activating group) is 1. The number of nitrogens with zero attached hydrogens (tertiary/aromatic N) is 3. The summed E-state index contributed by atoms with van der Waals surface area (Å²) in [7, 11) is 4.07. The minimum atomic E-state index is 0.864. The molecule has 0 atom stereocenters. The SMILES string of the molecule is C=C1N(C)CC=NCCN1C. The molecule has 0 fully saturated rings. The summed E-state index contributed by atoms with van der Waals surface area (Å²) in [5, 5.41) is 0. The first-order valence-corrected chi connectivity index (χ1v) is 3.81. The molecule has 0 spiro atoms. The second-order valence-corrected chi connectivity index (χ2v) is 2.81. The Labute approximate surface area is 68.0 Å². The van der Waals surface area contributed by atoms with Crippen molar-refractivity contribution in [3.05, 3.63) is 12.4 Å². The van der Waals surface area contributed by atoms with Crippen molar-refractivity contribution in [2.24, 2.45) is 4.99 Å². The van der Waals surface area contributed by atoms with E-state index in [4.69, 9.17) is 0 Å². The molecule has 0 unspecified atom stereocenters. The van der Waals surface area contributed by atoms with Crippen LogP contribution in [-0.2, 0) is 0 Å². The topological polar surface area (TPSA) is 18.8 Å². The van der Waals surface area contributed by atoms with Crippen molar-refractivity contribution in [3.8, 4) is 0 Å². The monoisotopic (exact) mass is 153 g/mol. The van der Waals surface area contributed by atoms with Gasteiger partial charge in [0.1, 0.15) is 0 Å². The maximum absolute atomic E-state index is 4.22. The molecule has 1 aliphatic rings. The van der Waals surface area contributed by atoms with Gasteiger partial charge in [-0.15, -0.1) is 0 Å². The Balaban J connectivity index is 2.62. The molecular formula is C8H15N3. The summed E-state index contributed by atoms with van der Waals surface area (Å²) in [5.74, 6) is 1.07. The largest absolute Gasteiger partial charge is 0.360 e. The summed E-state index contributed by atoms with van der Waals surface area (Å²) >= 11 is 0. The Morgan fingerprint density at radius 3 is 2.91 bits per heavy atom. The zero-order valence-corrected chi connectivity index (χ0v) is 7.25. The Hall–Kier alpha value is -0.990. The van der Waals surface area contributed by atoms with Gasteiger partial charge in [0.25, 0.3) is 0 Å². The smallest absolute Gasteiger partial charge is 0.0963 e. The Bertz CT molecular complexity index is 174. The Morgan fingerprint density at radius 1 is 1.45 bits per heavy atom. The van der Waals surface area contributed by atoms with E-state index < -0.39 is 0 Å². The highest BCUT2D eigenvalue weighted by atomic mass is 15.3. The lowest BCUT2D eigenvalue weighted by molar-refractivity contribution is 0.292. The van der Waals surface area contributed by atoms with E-state index in [9.17, 15) is 0 Å². The van der Waals surface area contributed by atoms with Gasteiger partial charge in [-0.05, 0) is 0 Å². The van der Waals surface area contributed by atoms with Crippen LogP contribution in [0.1, 0.15) is 0 Å². The molecule has 1 rings (SSSR count). The normalized spacial score (nSPS) is 20.0. The first kappa shape index (κ1) is 8.11. The van der Waals surface area contributed by atoms with Crippen LogP contribution in [0.5, 0.6) is 0 Å². The zero-order chi connectivity index (χ0) is 8.27. The molecule has 0 radical (unpaired) electrons. The van der Waals surface area contributed by atoms with Gasteiger partial charge in [0.05, 0.1) is 18.9 Å². The van der Waals surface area contributed by atoms with E-state index in [1.807, 2.05) is 20.3 Å². The number of hydrogen-bond donors (Lipinski definition) is 0. The van der Waals surface area contributed by atoms with Gasteiger partial charge in [-0.25, -0.2) is 0 Å². The van der Waals surface area contributed by atoms with Crippen LogP contribution < -0.4 is 0 Å². The molecule has 1 aliphatic heterocycles. The Kier molecular flexibility index (Phi) is 2.52. The summed E-state index contributed by atoms with van der Waals surface area (Å²) in [6, 6.07) is 0. The highest BCUT2D eigenvalue weighted by Gasteiger charge is 2.07. The molecule has 3 heteroatoms. The van der Waals surface area contributed by atoms with Crippen LogP contribution in [0.3, 0.4) is 0 Å². The van der Waals surface area contributed by atoms with Crippen LogP contribution in [0, 0.1) is 0 Å². The fraction of sp³-hybridized carbons (Fsp3) is 0.625. The van der Waals surface area contributed by atoms with Crippen LogP contribution >= 0.6 is 0 Å². The molecule has 3 nitrogen and oxygen atoms in total. The molecule has 0 aromatic carbocycles. The minimum absolute atomic E-state index is 0.864. The standard InChI is InChI=1S/C8H15N3/c1-8-10(2)6-4-9-5-7-11(8)3/h4H,1,5-7H2,2-3H3. The summed E-state index contributed by atoms with van der Waals surface area (Å²) in [5.41, 5.74) is 0. The van der Waals surface area contributed by atoms with Crippen LogP contribution in [-0.4, -0.2) is 49.7 Å². The van der Waals surface area contributed by atoms with Crippen LogP contribution in [0.25, 0.3) is 0 Å². The molecule has 0 aliphatic carbocycles. The summed E-state index contributed by atoms with van der Waals surface area (Å²) in [6.07, 6.45) is 1.94. The summed E-state index contributed by atoms with van der Waals surface area (Å²) in [6.45, 7) is 6.67. The van der Waals surface area contributed by atoms with Crippen molar-refractivity contribution in [3.63, 3.8) is 0 Å². The van der Waals surface area contributed by atoms with Gasteiger partial charge >= 0.3 is 0 Å². The predicted octanol–water partition coefficient (Wildman–Crippen LogP) is 0.406. The van der Waals surface area contributed by atoms with Gasteiger partial charge in [-0.2, -0.15) is 0 Å². The second kappa shape index (κ2) is 3.42. The van der Waals surface area contributed by atoms with E-state index in [0.29, 0.717) is 0 Å². The number of rotatable bonds is 0. The van der Waals surface area contributed by atoms with Gasteiger partial charge in [-0.1, -0.05) is 6.58 Å². The van der Waals surface area contributed by atoms with Crippen LogP contribution in [0.4, 0.5) is 0 Å². The van der Waals surface area contributed by atoms with Gasteiger partial charge < -0.3 is 9.80 Å². The third-order valence-corrected chi connectivity index (χ3v) is 1.93. The zero-order valence-electron chi connectivity index (χ0n) is 7.25. The summed E-state index contributed by atoms with van der Waals surface area (Å²) in [4.78, 5) is 8.42. The molecule has 0 aromatic rings. The lowest BCUT2D eigenvalue weighted by atomic mass is 10.4. The molecule has 11 heavy (non-hydrogen) atoms. The van der Waals surface area contributed by atoms with Gasteiger partial charge in [-0.3, -0.25) is 4.99 Å². The van der Waals surface area contributed by atoms with Crippen LogP contribution in [0.2, 0.25) is 0 Å². The van der Waals surface area contributed by atoms with E-state index in [-0.39, 0.29) is 0 Å². The number of aliphatic imine (C=N–C) groups is 1. The quantitative estimate of drug-likeness (QED) is 0.502. The third kappa shape index (κ3) is 1.97. The second-order valence-electron chi connectivity index (χ2n) is 2.81. The molecule has 0 amide bonds.